The van der Waals surface area contributed by atoms with E-state index in [4.69, 9.17) is 4.74 Å². The van der Waals surface area contributed by atoms with Crippen molar-refractivity contribution in [3.05, 3.63) is 29.3 Å². The van der Waals surface area contributed by atoms with Crippen LogP contribution in [0.1, 0.15) is 44.9 Å². The predicted molar refractivity (Wildman–Crippen MR) is 69.0 cm³/mol. The summed E-state index contributed by atoms with van der Waals surface area (Å²) >= 11 is 0. The Morgan fingerprint density at radius 2 is 1.94 bits per heavy atom. The Bertz CT molecular complexity index is 334. The van der Waals surface area contributed by atoms with Gasteiger partial charge in [0.05, 0.1) is 6.10 Å². The lowest BCUT2D eigenvalue weighted by atomic mass is 10.0. The van der Waals surface area contributed by atoms with Gasteiger partial charge in [0, 0.05) is 6.04 Å². The summed E-state index contributed by atoms with van der Waals surface area (Å²) < 4.78 is 5.72. The first kappa shape index (κ1) is 13.0. The Kier molecular flexibility index (Phi) is 4.81. The molecule has 2 heteroatoms. The summed E-state index contributed by atoms with van der Waals surface area (Å²) in [7, 11) is 0. The third-order valence-electron chi connectivity index (χ3n) is 2.57. The van der Waals surface area contributed by atoms with Crippen LogP contribution in [0.25, 0.3) is 0 Å². The SMILES string of the molecule is CCNC(C)c1ccc(OC(C)C)c(C)c1. The van der Waals surface area contributed by atoms with Gasteiger partial charge in [-0.3, -0.25) is 0 Å². The Hall–Kier alpha value is -1.02. The smallest absolute Gasteiger partial charge is 0.122 e. The van der Waals surface area contributed by atoms with Crippen molar-refractivity contribution in [1.29, 1.82) is 0 Å². The fraction of sp³-hybridized carbons (Fsp3) is 0.571. The van der Waals surface area contributed by atoms with Crippen molar-refractivity contribution in [2.24, 2.45) is 0 Å². The molecule has 0 amide bonds. The minimum Gasteiger partial charge on any atom is -0.491 e. The number of nitrogens with one attached hydrogen (secondary N) is 1. The van der Waals surface area contributed by atoms with Crippen LogP contribution in [0.15, 0.2) is 18.2 Å². The third-order valence-corrected chi connectivity index (χ3v) is 2.57. The Balaban J connectivity index is 2.82. The molecule has 0 radical (unpaired) electrons. The molecule has 90 valence electrons. The van der Waals surface area contributed by atoms with Crippen molar-refractivity contribution >= 4 is 0 Å². The van der Waals surface area contributed by atoms with E-state index < -0.39 is 0 Å². The molecule has 0 saturated carbocycles. The average molecular weight is 221 g/mol. The zero-order valence-electron chi connectivity index (χ0n) is 11.0. The molecule has 1 unspecified atom stereocenters. The summed E-state index contributed by atoms with van der Waals surface area (Å²) in [6.45, 7) is 11.5. The molecule has 0 aliphatic carbocycles. The second kappa shape index (κ2) is 5.90. The number of hydrogen-bond donors (Lipinski definition) is 1. The highest BCUT2D eigenvalue weighted by molar-refractivity contribution is 5.37. The molecule has 1 aromatic rings. The van der Waals surface area contributed by atoms with Crippen LogP contribution in [0, 0.1) is 6.92 Å². The lowest BCUT2D eigenvalue weighted by Crippen LogP contribution is -2.17. The van der Waals surface area contributed by atoms with Crippen LogP contribution in [0.5, 0.6) is 5.75 Å². The van der Waals surface area contributed by atoms with E-state index in [-0.39, 0.29) is 6.10 Å². The Morgan fingerprint density at radius 3 is 2.44 bits per heavy atom. The number of ether oxygens (including phenoxy) is 1. The number of rotatable bonds is 5. The minimum atomic E-state index is 0.232. The van der Waals surface area contributed by atoms with Crippen LogP contribution < -0.4 is 10.1 Å². The molecular weight excluding hydrogens is 198 g/mol. The number of benzene rings is 1. The van der Waals surface area contributed by atoms with Crippen molar-refractivity contribution in [2.75, 3.05) is 6.54 Å². The molecule has 0 heterocycles. The molecule has 1 atom stereocenters. The van der Waals surface area contributed by atoms with Crippen LogP contribution in [0.4, 0.5) is 0 Å². The van der Waals surface area contributed by atoms with Crippen LogP contribution in [0.2, 0.25) is 0 Å². The Morgan fingerprint density at radius 1 is 1.25 bits per heavy atom. The molecule has 0 aromatic heterocycles. The largest absolute Gasteiger partial charge is 0.491 e. The van der Waals surface area contributed by atoms with Gasteiger partial charge in [-0.2, -0.15) is 0 Å². The fourth-order valence-corrected chi connectivity index (χ4v) is 1.75. The summed E-state index contributed by atoms with van der Waals surface area (Å²) in [5.74, 6) is 0.988. The van der Waals surface area contributed by atoms with E-state index in [1.54, 1.807) is 0 Å². The third kappa shape index (κ3) is 3.53. The number of hydrogen-bond acceptors (Lipinski definition) is 2. The molecule has 0 fully saturated rings. The maximum atomic E-state index is 5.72. The van der Waals surface area contributed by atoms with Crippen molar-refractivity contribution in [3.63, 3.8) is 0 Å². The van der Waals surface area contributed by atoms with Crippen LogP contribution >= 0.6 is 0 Å². The topological polar surface area (TPSA) is 21.3 Å². The molecule has 2 nitrogen and oxygen atoms in total. The highest BCUT2D eigenvalue weighted by atomic mass is 16.5. The van der Waals surface area contributed by atoms with Gasteiger partial charge >= 0.3 is 0 Å². The first-order valence-corrected chi connectivity index (χ1v) is 6.05. The summed E-state index contributed by atoms with van der Waals surface area (Å²) in [5, 5.41) is 3.41. The van der Waals surface area contributed by atoms with Crippen LogP contribution in [-0.2, 0) is 0 Å². The molecule has 0 aliphatic heterocycles. The highest BCUT2D eigenvalue weighted by Crippen LogP contribution is 2.23. The van der Waals surface area contributed by atoms with Gasteiger partial charge in [-0.1, -0.05) is 19.1 Å². The van der Waals surface area contributed by atoms with Gasteiger partial charge in [-0.25, -0.2) is 0 Å². The van der Waals surface area contributed by atoms with Gasteiger partial charge in [-0.05, 0) is 51.4 Å². The second-order valence-electron chi connectivity index (χ2n) is 4.47. The van der Waals surface area contributed by atoms with Crippen molar-refractivity contribution < 1.29 is 4.74 Å². The normalized spacial score (nSPS) is 12.9. The molecular formula is C14H23NO. The first-order valence-electron chi connectivity index (χ1n) is 6.05. The summed E-state index contributed by atoms with van der Waals surface area (Å²) in [5.41, 5.74) is 2.52. The maximum absolute atomic E-state index is 5.72. The average Bonchev–Trinajstić information content (AvgIpc) is 2.20. The van der Waals surface area contributed by atoms with Gasteiger partial charge in [0.15, 0.2) is 0 Å². The summed E-state index contributed by atoms with van der Waals surface area (Å²) in [6.07, 6.45) is 0.232. The highest BCUT2D eigenvalue weighted by Gasteiger charge is 2.07. The zero-order valence-corrected chi connectivity index (χ0v) is 11.0. The molecule has 0 aliphatic rings. The molecule has 1 rings (SSSR count). The van der Waals surface area contributed by atoms with Crippen molar-refractivity contribution in [3.8, 4) is 5.75 Å². The van der Waals surface area contributed by atoms with E-state index in [2.05, 4.69) is 58.1 Å². The molecule has 0 spiro atoms. The lowest BCUT2D eigenvalue weighted by Gasteiger charge is -2.17. The first-order chi connectivity index (χ1) is 7.54. The van der Waals surface area contributed by atoms with Crippen molar-refractivity contribution in [1.82, 2.24) is 5.32 Å². The molecule has 1 N–H and O–H groups in total. The predicted octanol–water partition coefficient (Wildman–Crippen LogP) is 3.45. The Labute approximate surface area is 99.0 Å². The fourth-order valence-electron chi connectivity index (χ4n) is 1.75. The van der Waals surface area contributed by atoms with Gasteiger partial charge in [-0.15, -0.1) is 0 Å². The van der Waals surface area contributed by atoms with Gasteiger partial charge < -0.3 is 10.1 Å². The summed E-state index contributed by atoms with van der Waals surface area (Å²) in [6, 6.07) is 6.80. The van der Waals surface area contributed by atoms with E-state index in [9.17, 15) is 0 Å². The van der Waals surface area contributed by atoms with Crippen LogP contribution in [0.3, 0.4) is 0 Å². The van der Waals surface area contributed by atoms with E-state index in [1.165, 1.54) is 11.1 Å². The van der Waals surface area contributed by atoms with Gasteiger partial charge in [0.2, 0.25) is 0 Å². The van der Waals surface area contributed by atoms with Gasteiger partial charge in [0.1, 0.15) is 5.75 Å². The standard InChI is InChI=1S/C14H23NO/c1-6-15-12(5)13-7-8-14(11(4)9-13)16-10(2)3/h7-10,12,15H,6H2,1-5H3. The monoisotopic (exact) mass is 221 g/mol. The lowest BCUT2D eigenvalue weighted by molar-refractivity contribution is 0.240. The van der Waals surface area contributed by atoms with E-state index in [1.807, 2.05) is 0 Å². The molecule has 0 bridgehead atoms. The zero-order chi connectivity index (χ0) is 12.1. The molecule has 0 saturated heterocycles. The van der Waals surface area contributed by atoms with E-state index in [0.717, 1.165) is 12.3 Å². The number of aryl methyl sites for hydroxylation is 1. The quantitative estimate of drug-likeness (QED) is 0.822. The van der Waals surface area contributed by atoms with Gasteiger partial charge in [0.25, 0.3) is 0 Å². The molecule has 16 heavy (non-hydrogen) atoms. The summed E-state index contributed by atoms with van der Waals surface area (Å²) in [4.78, 5) is 0. The molecule has 1 aromatic carbocycles. The van der Waals surface area contributed by atoms with E-state index >= 15 is 0 Å². The minimum absolute atomic E-state index is 0.232. The van der Waals surface area contributed by atoms with Crippen molar-refractivity contribution in [2.45, 2.75) is 46.8 Å². The maximum Gasteiger partial charge on any atom is 0.122 e. The second-order valence-corrected chi connectivity index (χ2v) is 4.47. The van der Waals surface area contributed by atoms with E-state index in [0.29, 0.717) is 6.04 Å². The van der Waals surface area contributed by atoms with Crippen LogP contribution in [-0.4, -0.2) is 12.6 Å².